The molecule has 0 bridgehead atoms. The molecule has 0 unspecified atom stereocenters. The zero-order valence-electron chi connectivity index (χ0n) is 12.1. The number of carbonyl (C=O) groups excluding carboxylic acids is 1. The van der Waals surface area contributed by atoms with Crippen LogP contribution < -0.4 is 0 Å². The predicted octanol–water partition coefficient (Wildman–Crippen LogP) is 4.10. The lowest BCUT2D eigenvalue weighted by Gasteiger charge is -2.19. The van der Waals surface area contributed by atoms with Gasteiger partial charge in [0.2, 0.25) is 0 Å². The van der Waals surface area contributed by atoms with Crippen molar-refractivity contribution < 1.29 is 9.72 Å². The van der Waals surface area contributed by atoms with E-state index in [4.69, 9.17) is 0 Å². The summed E-state index contributed by atoms with van der Waals surface area (Å²) in [5.41, 5.74) is 3.68. The topological polar surface area (TPSA) is 60.2 Å². The molecule has 0 saturated carbocycles. The minimum atomic E-state index is -0.475. The van der Waals surface area contributed by atoms with Crippen LogP contribution in [0.25, 0.3) is 11.1 Å². The van der Waals surface area contributed by atoms with Gasteiger partial charge in [0, 0.05) is 23.3 Å². The number of ketones is 1. The molecular formula is C17H15NO3. The Balaban J connectivity index is 2.18. The van der Waals surface area contributed by atoms with Gasteiger partial charge in [0.25, 0.3) is 5.69 Å². The molecule has 3 rings (SSSR count). The molecule has 1 aliphatic rings. The van der Waals surface area contributed by atoms with Gasteiger partial charge in [-0.25, -0.2) is 0 Å². The molecule has 0 aliphatic heterocycles. The maximum Gasteiger partial charge on any atom is 0.270 e. The van der Waals surface area contributed by atoms with Crippen LogP contribution in [0.15, 0.2) is 36.4 Å². The molecule has 2 aromatic carbocycles. The zero-order valence-corrected chi connectivity index (χ0v) is 12.1. The largest absolute Gasteiger partial charge is 0.289 e. The number of hydrogen-bond acceptors (Lipinski definition) is 3. The van der Waals surface area contributed by atoms with Crippen LogP contribution in [0.1, 0.15) is 42.3 Å². The van der Waals surface area contributed by atoms with Gasteiger partial charge in [-0.05, 0) is 34.2 Å². The molecule has 1 aliphatic carbocycles. The maximum atomic E-state index is 12.5. The van der Waals surface area contributed by atoms with Crippen molar-refractivity contribution >= 4 is 11.5 Å². The number of rotatable bonds is 1. The van der Waals surface area contributed by atoms with Crippen LogP contribution in [-0.4, -0.2) is 10.7 Å². The van der Waals surface area contributed by atoms with Crippen LogP contribution >= 0.6 is 0 Å². The standard InChI is InChI=1S/C17H15NO3/c1-17(2,3)10-4-6-12-13-7-5-11(18(20)21)9-15(13)16(19)14(12)8-10/h4-9H,1-3H3. The van der Waals surface area contributed by atoms with Crippen molar-refractivity contribution in [3.8, 4) is 11.1 Å². The van der Waals surface area contributed by atoms with Gasteiger partial charge in [0.1, 0.15) is 0 Å². The Bertz CT molecular complexity index is 785. The Kier molecular flexibility index (Phi) is 2.73. The highest BCUT2D eigenvalue weighted by Crippen LogP contribution is 2.40. The number of carbonyl (C=O) groups is 1. The van der Waals surface area contributed by atoms with Crippen molar-refractivity contribution in [2.45, 2.75) is 26.2 Å². The molecule has 0 spiro atoms. The third-order valence-corrected chi connectivity index (χ3v) is 3.88. The predicted molar refractivity (Wildman–Crippen MR) is 80.7 cm³/mol. The van der Waals surface area contributed by atoms with Gasteiger partial charge in [0.05, 0.1) is 4.92 Å². The molecule has 0 atom stereocenters. The summed E-state index contributed by atoms with van der Waals surface area (Å²) in [7, 11) is 0. The van der Waals surface area contributed by atoms with Crippen molar-refractivity contribution in [1.29, 1.82) is 0 Å². The first kappa shape index (κ1) is 13.5. The van der Waals surface area contributed by atoms with E-state index in [1.165, 1.54) is 12.1 Å². The minimum absolute atomic E-state index is 0.0456. The lowest BCUT2D eigenvalue weighted by atomic mass is 9.85. The first-order valence-corrected chi connectivity index (χ1v) is 6.77. The molecule has 4 heteroatoms. The van der Waals surface area contributed by atoms with Gasteiger partial charge in [-0.15, -0.1) is 0 Å². The molecule has 4 nitrogen and oxygen atoms in total. The molecule has 0 fully saturated rings. The maximum absolute atomic E-state index is 12.5. The lowest BCUT2D eigenvalue weighted by Crippen LogP contribution is -2.11. The number of non-ortho nitro benzene ring substituents is 1. The molecule has 0 aromatic heterocycles. The summed E-state index contributed by atoms with van der Waals surface area (Å²) in [6.07, 6.45) is 0. The van der Waals surface area contributed by atoms with Crippen molar-refractivity contribution in [2.24, 2.45) is 0 Å². The van der Waals surface area contributed by atoms with Crippen molar-refractivity contribution in [2.75, 3.05) is 0 Å². The second-order valence-corrected chi connectivity index (χ2v) is 6.33. The van der Waals surface area contributed by atoms with Crippen LogP contribution in [0, 0.1) is 10.1 Å². The third kappa shape index (κ3) is 2.03. The van der Waals surface area contributed by atoms with E-state index in [1.54, 1.807) is 6.07 Å². The molecule has 0 saturated heterocycles. The smallest absolute Gasteiger partial charge is 0.270 e. The third-order valence-electron chi connectivity index (χ3n) is 3.88. The molecule has 0 radical (unpaired) electrons. The quantitative estimate of drug-likeness (QED) is 0.498. The molecule has 106 valence electrons. The molecule has 21 heavy (non-hydrogen) atoms. The van der Waals surface area contributed by atoms with E-state index in [0.29, 0.717) is 11.1 Å². The van der Waals surface area contributed by atoms with E-state index in [0.717, 1.165) is 16.7 Å². The Morgan fingerprint density at radius 1 is 0.905 bits per heavy atom. The van der Waals surface area contributed by atoms with E-state index in [2.05, 4.69) is 20.8 Å². The minimum Gasteiger partial charge on any atom is -0.289 e. The number of hydrogen-bond donors (Lipinski definition) is 0. The number of benzene rings is 2. The Hall–Kier alpha value is -2.49. The lowest BCUT2D eigenvalue weighted by molar-refractivity contribution is -0.384. The van der Waals surface area contributed by atoms with E-state index >= 15 is 0 Å². The van der Waals surface area contributed by atoms with E-state index in [9.17, 15) is 14.9 Å². The first-order valence-electron chi connectivity index (χ1n) is 6.77. The average molecular weight is 281 g/mol. The summed E-state index contributed by atoms with van der Waals surface area (Å²) in [6.45, 7) is 6.27. The molecule has 0 heterocycles. The Labute approximate surface area is 122 Å². The van der Waals surface area contributed by atoms with Gasteiger partial charge in [-0.2, -0.15) is 0 Å². The number of nitrogens with zero attached hydrogens (tertiary/aromatic N) is 1. The van der Waals surface area contributed by atoms with Crippen LogP contribution in [-0.2, 0) is 5.41 Å². The van der Waals surface area contributed by atoms with E-state index in [-0.39, 0.29) is 16.9 Å². The van der Waals surface area contributed by atoms with Gasteiger partial charge in [-0.3, -0.25) is 14.9 Å². The van der Waals surface area contributed by atoms with Gasteiger partial charge >= 0.3 is 0 Å². The fourth-order valence-corrected chi connectivity index (χ4v) is 2.65. The van der Waals surface area contributed by atoms with Crippen molar-refractivity contribution in [3.63, 3.8) is 0 Å². The monoisotopic (exact) mass is 281 g/mol. The molecule has 0 amide bonds. The number of nitro benzene ring substituents is 1. The highest BCUT2D eigenvalue weighted by Gasteiger charge is 2.29. The Morgan fingerprint density at radius 2 is 1.48 bits per heavy atom. The van der Waals surface area contributed by atoms with Crippen LogP contribution in [0.4, 0.5) is 5.69 Å². The van der Waals surface area contributed by atoms with E-state index in [1.807, 2.05) is 18.2 Å². The van der Waals surface area contributed by atoms with Gasteiger partial charge in [0.15, 0.2) is 5.78 Å². The zero-order chi connectivity index (χ0) is 15.4. The normalized spacial score (nSPS) is 13.0. The van der Waals surface area contributed by atoms with Crippen LogP contribution in [0.2, 0.25) is 0 Å². The van der Waals surface area contributed by atoms with E-state index < -0.39 is 4.92 Å². The molecular weight excluding hydrogens is 266 g/mol. The summed E-state index contributed by atoms with van der Waals surface area (Å²) < 4.78 is 0. The average Bonchev–Trinajstić information content (AvgIpc) is 2.70. The first-order chi connectivity index (χ1) is 9.79. The highest BCUT2D eigenvalue weighted by molar-refractivity contribution is 6.22. The van der Waals surface area contributed by atoms with Crippen molar-refractivity contribution in [1.82, 2.24) is 0 Å². The summed E-state index contributed by atoms with van der Waals surface area (Å²) in [5.74, 6) is -0.130. The fraction of sp³-hybridized carbons (Fsp3) is 0.235. The van der Waals surface area contributed by atoms with Crippen LogP contribution in [0.5, 0.6) is 0 Å². The number of nitro groups is 1. The SMILES string of the molecule is CC(C)(C)c1ccc2c(c1)C(=O)c1cc([N+](=O)[O-])ccc1-2. The molecule has 2 aromatic rings. The summed E-state index contributed by atoms with van der Waals surface area (Å²) in [5, 5.41) is 10.9. The summed E-state index contributed by atoms with van der Waals surface area (Å²) in [6, 6.07) is 10.3. The van der Waals surface area contributed by atoms with Gasteiger partial charge in [-0.1, -0.05) is 32.9 Å². The van der Waals surface area contributed by atoms with Gasteiger partial charge < -0.3 is 0 Å². The Morgan fingerprint density at radius 3 is 2.05 bits per heavy atom. The van der Waals surface area contributed by atoms with Crippen molar-refractivity contribution in [3.05, 3.63) is 63.2 Å². The second kappa shape index (κ2) is 4.25. The summed E-state index contributed by atoms with van der Waals surface area (Å²) >= 11 is 0. The highest BCUT2D eigenvalue weighted by atomic mass is 16.6. The fourth-order valence-electron chi connectivity index (χ4n) is 2.65. The molecule has 0 N–H and O–H groups in total. The second-order valence-electron chi connectivity index (χ2n) is 6.33. The summed E-state index contributed by atoms with van der Waals surface area (Å²) in [4.78, 5) is 22.9. The number of fused-ring (bicyclic) bond motifs is 3. The van der Waals surface area contributed by atoms with Crippen LogP contribution in [0.3, 0.4) is 0 Å².